The Bertz CT molecular complexity index is 846. The van der Waals surface area contributed by atoms with Crippen molar-refractivity contribution in [2.45, 2.75) is 19.1 Å². The van der Waals surface area contributed by atoms with Gasteiger partial charge in [-0.3, -0.25) is 4.79 Å². The van der Waals surface area contributed by atoms with Gasteiger partial charge in [-0.25, -0.2) is 0 Å². The number of nitrogens with zero attached hydrogens (tertiary/aromatic N) is 1. The molecule has 0 saturated heterocycles. The van der Waals surface area contributed by atoms with E-state index in [9.17, 15) is 18.0 Å². The fourth-order valence-electron chi connectivity index (χ4n) is 3.25. The highest BCUT2D eigenvalue weighted by Gasteiger charge is 2.31. The number of halogens is 3. The molecule has 2 heterocycles. The highest BCUT2D eigenvalue weighted by Crippen LogP contribution is 2.36. The summed E-state index contributed by atoms with van der Waals surface area (Å²) >= 11 is 0. The van der Waals surface area contributed by atoms with E-state index in [-0.39, 0.29) is 11.5 Å². The molecule has 2 aromatic carbocycles. The molecule has 0 radical (unpaired) electrons. The van der Waals surface area contributed by atoms with E-state index in [2.05, 4.69) is 0 Å². The van der Waals surface area contributed by atoms with Gasteiger partial charge in [-0.05, 0) is 53.9 Å². The summed E-state index contributed by atoms with van der Waals surface area (Å²) in [5, 5.41) is 0. The molecule has 0 aromatic heterocycles. The van der Waals surface area contributed by atoms with Crippen molar-refractivity contribution in [3.05, 3.63) is 58.7 Å². The predicted octanol–water partition coefficient (Wildman–Crippen LogP) is 3.68. The van der Waals surface area contributed by atoms with E-state index in [1.807, 2.05) is 12.1 Å². The Morgan fingerprint density at radius 1 is 0.962 bits per heavy atom. The van der Waals surface area contributed by atoms with Gasteiger partial charge in [-0.2, -0.15) is 13.2 Å². The summed E-state index contributed by atoms with van der Waals surface area (Å²) in [6.07, 6.45) is -3.74. The Morgan fingerprint density at radius 2 is 1.58 bits per heavy atom. The van der Waals surface area contributed by atoms with Crippen LogP contribution in [0.4, 0.5) is 13.2 Å². The number of alkyl halides is 3. The fraction of sp³-hybridized carbons (Fsp3) is 0.316. The number of ether oxygens (including phenoxy) is 2. The summed E-state index contributed by atoms with van der Waals surface area (Å²) in [7, 11) is 0. The number of carbonyl (C=O) groups excluding carboxylic acids is 1. The smallest absolute Gasteiger partial charge is 0.416 e. The third-order valence-corrected chi connectivity index (χ3v) is 4.62. The topological polar surface area (TPSA) is 38.8 Å². The number of carbonyl (C=O) groups is 1. The molecule has 4 nitrogen and oxygen atoms in total. The Hall–Kier alpha value is -2.70. The first-order valence-corrected chi connectivity index (χ1v) is 8.30. The molecule has 0 unspecified atom stereocenters. The van der Waals surface area contributed by atoms with Crippen LogP contribution in [0.15, 0.2) is 36.4 Å². The lowest BCUT2D eigenvalue weighted by Gasteiger charge is -2.30. The number of benzene rings is 2. The van der Waals surface area contributed by atoms with E-state index in [4.69, 9.17) is 9.47 Å². The lowest BCUT2D eigenvalue weighted by molar-refractivity contribution is -0.137. The SMILES string of the molecule is O=C(c1ccc(C(F)(F)F)cc1)N1CCc2cc3c(cc2C1)OCCO3. The van der Waals surface area contributed by atoms with Crippen LogP contribution in [0.1, 0.15) is 27.0 Å². The second-order valence-electron chi connectivity index (χ2n) is 6.32. The third kappa shape index (κ3) is 3.09. The van der Waals surface area contributed by atoms with Crippen LogP contribution in [0.5, 0.6) is 11.5 Å². The van der Waals surface area contributed by atoms with Gasteiger partial charge >= 0.3 is 6.18 Å². The molecule has 136 valence electrons. The van der Waals surface area contributed by atoms with Crippen molar-refractivity contribution in [1.82, 2.24) is 4.90 Å². The number of hydrogen-bond donors (Lipinski definition) is 0. The van der Waals surface area contributed by atoms with Crippen molar-refractivity contribution in [2.75, 3.05) is 19.8 Å². The average Bonchev–Trinajstić information content (AvgIpc) is 2.64. The van der Waals surface area contributed by atoms with E-state index in [0.29, 0.717) is 38.5 Å². The summed E-state index contributed by atoms with van der Waals surface area (Å²) in [6, 6.07) is 8.16. The maximum Gasteiger partial charge on any atom is 0.416 e. The van der Waals surface area contributed by atoms with E-state index in [1.165, 1.54) is 12.1 Å². The molecular formula is C19H16F3NO3. The largest absolute Gasteiger partial charge is 0.486 e. The zero-order chi connectivity index (χ0) is 18.3. The van der Waals surface area contributed by atoms with Crippen molar-refractivity contribution in [2.24, 2.45) is 0 Å². The van der Waals surface area contributed by atoms with Gasteiger partial charge in [0.25, 0.3) is 5.91 Å². The minimum absolute atomic E-state index is 0.249. The van der Waals surface area contributed by atoms with E-state index in [1.54, 1.807) is 4.90 Å². The molecule has 1 amide bonds. The first-order valence-electron chi connectivity index (χ1n) is 8.30. The third-order valence-electron chi connectivity index (χ3n) is 4.62. The molecule has 0 aliphatic carbocycles. The van der Waals surface area contributed by atoms with Crippen molar-refractivity contribution in [3.8, 4) is 11.5 Å². The van der Waals surface area contributed by atoms with Crippen LogP contribution in [0.2, 0.25) is 0 Å². The highest BCUT2D eigenvalue weighted by molar-refractivity contribution is 5.94. The Labute approximate surface area is 148 Å². The molecule has 0 saturated carbocycles. The first-order chi connectivity index (χ1) is 12.4. The van der Waals surface area contributed by atoms with Crippen LogP contribution in [0, 0.1) is 0 Å². The lowest BCUT2D eigenvalue weighted by Crippen LogP contribution is -2.36. The molecule has 0 fully saturated rings. The molecule has 2 aliphatic heterocycles. The van der Waals surface area contributed by atoms with Crippen molar-refractivity contribution < 1.29 is 27.4 Å². The van der Waals surface area contributed by atoms with Crippen molar-refractivity contribution in [1.29, 1.82) is 0 Å². The number of fused-ring (bicyclic) bond motifs is 2. The summed E-state index contributed by atoms with van der Waals surface area (Å²) in [4.78, 5) is 14.3. The van der Waals surface area contributed by atoms with Gasteiger partial charge in [-0.1, -0.05) is 0 Å². The highest BCUT2D eigenvalue weighted by atomic mass is 19.4. The molecule has 0 atom stereocenters. The minimum Gasteiger partial charge on any atom is -0.486 e. The lowest BCUT2D eigenvalue weighted by atomic mass is 9.98. The van der Waals surface area contributed by atoms with Gasteiger partial charge in [0.05, 0.1) is 5.56 Å². The standard InChI is InChI=1S/C19H16F3NO3/c20-19(21,22)15-3-1-12(2-4-15)18(24)23-6-5-13-9-16-17(10-14(13)11-23)26-8-7-25-16/h1-4,9-10H,5-8,11H2. The Kier molecular flexibility index (Phi) is 4.01. The summed E-state index contributed by atoms with van der Waals surface area (Å²) in [6.45, 7) is 1.91. The first kappa shape index (κ1) is 16.8. The molecule has 0 N–H and O–H groups in total. The number of hydrogen-bond acceptors (Lipinski definition) is 3. The molecule has 26 heavy (non-hydrogen) atoms. The quantitative estimate of drug-likeness (QED) is 0.776. The van der Waals surface area contributed by atoms with Crippen LogP contribution >= 0.6 is 0 Å². The average molecular weight is 363 g/mol. The van der Waals surface area contributed by atoms with Crippen LogP contribution < -0.4 is 9.47 Å². The number of rotatable bonds is 1. The minimum atomic E-state index is -4.41. The summed E-state index contributed by atoms with van der Waals surface area (Å²) in [5.74, 6) is 1.11. The summed E-state index contributed by atoms with van der Waals surface area (Å²) in [5.41, 5.74) is 1.56. The van der Waals surface area contributed by atoms with Crippen molar-refractivity contribution in [3.63, 3.8) is 0 Å². The van der Waals surface area contributed by atoms with Gasteiger partial charge in [-0.15, -0.1) is 0 Å². The Balaban J connectivity index is 1.54. The molecule has 0 bridgehead atoms. The number of amides is 1. The molecule has 2 aliphatic rings. The van der Waals surface area contributed by atoms with Gasteiger partial charge in [0.2, 0.25) is 0 Å². The van der Waals surface area contributed by atoms with Crippen LogP contribution in [-0.4, -0.2) is 30.6 Å². The molecule has 4 rings (SSSR count). The van der Waals surface area contributed by atoms with Gasteiger partial charge in [0.1, 0.15) is 13.2 Å². The van der Waals surface area contributed by atoms with Gasteiger partial charge in [0.15, 0.2) is 11.5 Å². The van der Waals surface area contributed by atoms with E-state index >= 15 is 0 Å². The van der Waals surface area contributed by atoms with Crippen LogP contribution in [0.3, 0.4) is 0 Å². The molecular weight excluding hydrogens is 347 g/mol. The van der Waals surface area contributed by atoms with E-state index < -0.39 is 11.7 Å². The molecule has 7 heteroatoms. The van der Waals surface area contributed by atoms with Gasteiger partial charge in [0, 0.05) is 18.7 Å². The van der Waals surface area contributed by atoms with Crippen LogP contribution in [0.25, 0.3) is 0 Å². The molecule has 2 aromatic rings. The molecule has 0 spiro atoms. The second kappa shape index (κ2) is 6.23. The fourth-order valence-corrected chi connectivity index (χ4v) is 3.25. The summed E-state index contributed by atoms with van der Waals surface area (Å²) < 4.78 is 49.1. The van der Waals surface area contributed by atoms with Crippen LogP contribution in [-0.2, 0) is 19.1 Å². The Morgan fingerprint density at radius 3 is 2.19 bits per heavy atom. The second-order valence-corrected chi connectivity index (χ2v) is 6.32. The van der Waals surface area contributed by atoms with Crippen molar-refractivity contribution >= 4 is 5.91 Å². The predicted molar refractivity (Wildman–Crippen MR) is 87.3 cm³/mol. The monoisotopic (exact) mass is 363 g/mol. The zero-order valence-electron chi connectivity index (χ0n) is 13.8. The van der Waals surface area contributed by atoms with Gasteiger partial charge < -0.3 is 14.4 Å². The normalized spacial score (nSPS) is 16.2. The maximum atomic E-state index is 12.7. The van der Waals surface area contributed by atoms with E-state index in [0.717, 1.165) is 29.0 Å². The maximum absolute atomic E-state index is 12.7. The zero-order valence-corrected chi connectivity index (χ0v) is 13.8.